The van der Waals surface area contributed by atoms with Gasteiger partial charge >= 0.3 is 0 Å². The van der Waals surface area contributed by atoms with E-state index in [2.05, 4.69) is 10.2 Å². The van der Waals surface area contributed by atoms with Crippen LogP contribution >= 0.6 is 24.0 Å². The average molecular weight is 403 g/mol. The van der Waals surface area contributed by atoms with Gasteiger partial charge in [-0.15, -0.1) is 12.4 Å². The maximum Gasteiger partial charge on any atom is 0.242 e. The van der Waals surface area contributed by atoms with Gasteiger partial charge in [0, 0.05) is 36.9 Å². The molecule has 0 radical (unpaired) electrons. The molecule has 2 rings (SSSR count). The van der Waals surface area contributed by atoms with Crippen LogP contribution in [0, 0.1) is 0 Å². The Morgan fingerprint density at radius 1 is 1.19 bits per heavy atom. The van der Waals surface area contributed by atoms with Gasteiger partial charge in [0.05, 0.1) is 12.1 Å². The van der Waals surface area contributed by atoms with Gasteiger partial charge in [-0.1, -0.05) is 24.9 Å². The Bertz CT molecular complexity index is 600. The second-order valence-corrected chi connectivity index (χ2v) is 7.13. The lowest BCUT2D eigenvalue weighted by Crippen LogP contribution is -2.55. The number of nitrogens with one attached hydrogen (secondary N) is 1. The summed E-state index contributed by atoms with van der Waals surface area (Å²) in [6, 6.07) is 7.69. The minimum Gasteiger partial charge on any atom is -0.368 e. The zero-order chi connectivity index (χ0) is 18.4. The molecule has 8 heteroatoms. The third-order valence-electron chi connectivity index (χ3n) is 4.51. The molecular formula is C18H28Cl2N4O2. The number of halogens is 2. The molecule has 1 aliphatic heterocycles. The molecule has 1 fully saturated rings. The highest BCUT2D eigenvalue weighted by atomic mass is 35.5. The van der Waals surface area contributed by atoms with Gasteiger partial charge in [0.25, 0.3) is 0 Å². The van der Waals surface area contributed by atoms with E-state index in [1.54, 1.807) is 11.8 Å². The Labute approximate surface area is 166 Å². The van der Waals surface area contributed by atoms with Crippen molar-refractivity contribution < 1.29 is 9.59 Å². The molecule has 1 heterocycles. The van der Waals surface area contributed by atoms with Gasteiger partial charge in [0.2, 0.25) is 11.8 Å². The van der Waals surface area contributed by atoms with Crippen molar-refractivity contribution in [2.45, 2.75) is 32.2 Å². The molecule has 0 bridgehead atoms. The van der Waals surface area contributed by atoms with Crippen LogP contribution in [0.5, 0.6) is 0 Å². The number of piperazine rings is 1. The highest BCUT2D eigenvalue weighted by Gasteiger charge is 2.28. The molecule has 0 saturated carbocycles. The lowest BCUT2D eigenvalue weighted by Gasteiger charge is -2.36. The lowest BCUT2D eigenvalue weighted by atomic mass is 9.96. The number of anilines is 1. The van der Waals surface area contributed by atoms with Gasteiger partial charge in [-0.25, -0.2) is 0 Å². The highest BCUT2D eigenvalue weighted by molar-refractivity contribution is 6.30. The molecule has 6 nitrogen and oxygen atoms in total. The minimum absolute atomic E-state index is 0. The number of nitrogens with two attached hydrogens (primary N) is 1. The Hall–Kier alpha value is -1.50. The molecule has 1 aromatic carbocycles. The molecule has 2 amide bonds. The predicted molar refractivity (Wildman–Crippen MR) is 108 cm³/mol. The van der Waals surface area contributed by atoms with Crippen LogP contribution in [0.25, 0.3) is 0 Å². The second-order valence-electron chi connectivity index (χ2n) is 6.69. The number of nitrogens with zero attached hydrogens (tertiary/aromatic N) is 2. The van der Waals surface area contributed by atoms with Crippen LogP contribution in [-0.4, -0.2) is 55.0 Å². The largest absolute Gasteiger partial charge is 0.368 e. The number of hydrogen-bond donors (Lipinski definition) is 2. The van der Waals surface area contributed by atoms with E-state index in [4.69, 9.17) is 17.3 Å². The van der Waals surface area contributed by atoms with Gasteiger partial charge < -0.3 is 20.9 Å². The standard InChI is InChI=1S/C18H27ClN4O2.ClH/c1-3-8-18(2,20)17(25)21-13-16(24)23-11-9-22(10-12-23)15-6-4-14(19)5-7-15;/h4-7H,3,8-13,20H2,1-2H3,(H,21,25);1H. The van der Waals surface area contributed by atoms with Crippen molar-refractivity contribution in [1.29, 1.82) is 0 Å². The van der Waals surface area contributed by atoms with E-state index in [1.807, 2.05) is 31.2 Å². The predicted octanol–water partition coefficient (Wildman–Crippen LogP) is 2.04. The first-order valence-corrected chi connectivity index (χ1v) is 9.07. The minimum atomic E-state index is -0.928. The van der Waals surface area contributed by atoms with Crippen LogP contribution in [0.3, 0.4) is 0 Å². The third-order valence-corrected chi connectivity index (χ3v) is 4.76. The number of hydrogen-bond acceptors (Lipinski definition) is 4. The quantitative estimate of drug-likeness (QED) is 0.762. The SMILES string of the molecule is CCCC(C)(N)C(=O)NCC(=O)N1CCN(c2ccc(Cl)cc2)CC1.Cl. The number of amides is 2. The summed E-state index contributed by atoms with van der Waals surface area (Å²) in [6.45, 7) is 6.44. The molecule has 3 N–H and O–H groups in total. The van der Waals surface area contributed by atoms with Crippen LogP contribution in [0.4, 0.5) is 5.69 Å². The Morgan fingerprint density at radius 3 is 2.31 bits per heavy atom. The first-order valence-electron chi connectivity index (χ1n) is 8.69. The topological polar surface area (TPSA) is 78.7 Å². The number of benzene rings is 1. The molecule has 0 aliphatic carbocycles. The first-order chi connectivity index (χ1) is 11.8. The molecular weight excluding hydrogens is 375 g/mol. The van der Waals surface area contributed by atoms with Crippen molar-refractivity contribution in [2.24, 2.45) is 5.73 Å². The van der Waals surface area contributed by atoms with Gasteiger partial charge in [0.15, 0.2) is 0 Å². The molecule has 1 aromatic rings. The Kier molecular flexibility index (Phi) is 8.67. The molecule has 146 valence electrons. The van der Waals surface area contributed by atoms with Crippen molar-refractivity contribution >= 4 is 41.5 Å². The van der Waals surface area contributed by atoms with Crippen molar-refractivity contribution in [3.8, 4) is 0 Å². The van der Waals surface area contributed by atoms with Crippen LogP contribution in [0.2, 0.25) is 5.02 Å². The van der Waals surface area contributed by atoms with Crippen molar-refractivity contribution in [2.75, 3.05) is 37.6 Å². The Morgan fingerprint density at radius 2 is 1.77 bits per heavy atom. The number of carbonyl (C=O) groups excluding carboxylic acids is 2. The zero-order valence-corrected chi connectivity index (χ0v) is 16.9. The molecule has 1 aliphatic rings. The molecule has 1 atom stereocenters. The van der Waals surface area contributed by atoms with E-state index in [-0.39, 0.29) is 30.8 Å². The maximum absolute atomic E-state index is 12.3. The number of rotatable bonds is 6. The molecule has 0 aromatic heterocycles. The van der Waals surface area contributed by atoms with E-state index in [0.29, 0.717) is 24.5 Å². The van der Waals surface area contributed by atoms with Crippen molar-refractivity contribution in [1.82, 2.24) is 10.2 Å². The normalized spacial score (nSPS) is 16.5. The van der Waals surface area contributed by atoms with Crippen molar-refractivity contribution in [3.63, 3.8) is 0 Å². The third kappa shape index (κ3) is 6.04. The summed E-state index contributed by atoms with van der Waals surface area (Å²) in [6.07, 6.45) is 1.41. The van der Waals surface area contributed by atoms with Gasteiger partial charge in [-0.05, 0) is 37.6 Å². The summed E-state index contributed by atoms with van der Waals surface area (Å²) in [5.74, 6) is -0.348. The van der Waals surface area contributed by atoms with Gasteiger partial charge in [0.1, 0.15) is 0 Å². The lowest BCUT2D eigenvalue weighted by molar-refractivity contribution is -0.134. The smallest absolute Gasteiger partial charge is 0.242 e. The second kappa shape index (κ2) is 10.00. The maximum atomic E-state index is 12.3. The molecule has 1 unspecified atom stereocenters. The van der Waals surface area contributed by atoms with E-state index in [0.717, 1.165) is 25.2 Å². The summed E-state index contributed by atoms with van der Waals surface area (Å²) in [7, 11) is 0. The van der Waals surface area contributed by atoms with Crippen LogP contribution in [0.15, 0.2) is 24.3 Å². The summed E-state index contributed by atoms with van der Waals surface area (Å²) in [4.78, 5) is 28.4. The fourth-order valence-corrected chi connectivity index (χ4v) is 3.09. The molecule has 26 heavy (non-hydrogen) atoms. The fraction of sp³-hybridized carbons (Fsp3) is 0.556. The van der Waals surface area contributed by atoms with E-state index in [1.165, 1.54) is 0 Å². The van der Waals surface area contributed by atoms with Crippen LogP contribution < -0.4 is 16.0 Å². The van der Waals surface area contributed by atoms with Crippen LogP contribution in [-0.2, 0) is 9.59 Å². The average Bonchev–Trinajstić information content (AvgIpc) is 2.60. The van der Waals surface area contributed by atoms with E-state index >= 15 is 0 Å². The van der Waals surface area contributed by atoms with Gasteiger partial charge in [-0.2, -0.15) is 0 Å². The summed E-state index contributed by atoms with van der Waals surface area (Å²) in [5.41, 5.74) is 6.15. The molecule has 1 saturated heterocycles. The fourth-order valence-electron chi connectivity index (χ4n) is 2.97. The Balaban J connectivity index is 0.00000338. The number of carbonyl (C=O) groups is 2. The highest BCUT2D eigenvalue weighted by Crippen LogP contribution is 2.19. The van der Waals surface area contributed by atoms with Gasteiger partial charge in [-0.3, -0.25) is 9.59 Å². The zero-order valence-electron chi connectivity index (χ0n) is 15.3. The summed E-state index contributed by atoms with van der Waals surface area (Å²) >= 11 is 5.91. The van der Waals surface area contributed by atoms with E-state index < -0.39 is 5.54 Å². The van der Waals surface area contributed by atoms with Crippen LogP contribution in [0.1, 0.15) is 26.7 Å². The van der Waals surface area contributed by atoms with Crippen molar-refractivity contribution in [3.05, 3.63) is 29.3 Å². The molecule has 0 spiro atoms. The first kappa shape index (κ1) is 22.5. The summed E-state index contributed by atoms with van der Waals surface area (Å²) < 4.78 is 0. The monoisotopic (exact) mass is 402 g/mol. The van der Waals surface area contributed by atoms with E-state index in [9.17, 15) is 9.59 Å². The summed E-state index contributed by atoms with van der Waals surface area (Å²) in [5, 5.41) is 3.38.